The predicted octanol–water partition coefficient (Wildman–Crippen LogP) is 2.08. The number of hydrogen-bond acceptors (Lipinski definition) is 3. The van der Waals surface area contributed by atoms with Crippen LogP contribution in [0.15, 0.2) is 0 Å². The van der Waals surface area contributed by atoms with Gasteiger partial charge in [0.15, 0.2) is 0 Å². The molecule has 5 nitrogen and oxygen atoms in total. The van der Waals surface area contributed by atoms with Crippen LogP contribution < -0.4 is 10.6 Å². The van der Waals surface area contributed by atoms with Crippen LogP contribution in [0.3, 0.4) is 0 Å². The van der Waals surface area contributed by atoms with Crippen molar-refractivity contribution in [3.8, 4) is 0 Å². The van der Waals surface area contributed by atoms with E-state index in [9.17, 15) is 13.2 Å². The number of nitrogens with one attached hydrogen (secondary N) is 2. The molecule has 3 fully saturated rings. The summed E-state index contributed by atoms with van der Waals surface area (Å²) in [6, 6.07) is -0.109. The summed E-state index contributed by atoms with van der Waals surface area (Å²) < 4.78 is 22.8. The summed E-state index contributed by atoms with van der Waals surface area (Å²) in [6.45, 7) is 0.784. The van der Waals surface area contributed by atoms with Crippen LogP contribution in [-0.2, 0) is 9.84 Å². The molecule has 2 saturated carbocycles. The Morgan fingerprint density at radius 3 is 1.95 bits per heavy atom. The van der Waals surface area contributed by atoms with Crippen LogP contribution in [-0.4, -0.2) is 38.5 Å². The van der Waals surface area contributed by atoms with Crippen LogP contribution >= 0.6 is 0 Å². The first-order chi connectivity index (χ1) is 10.5. The molecule has 0 unspecified atom stereocenters. The van der Waals surface area contributed by atoms with E-state index < -0.39 is 9.84 Å². The highest BCUT2D eigenvalue weighted by atomic mass is 32.2. The maximum absolute atomic E-state index is 12.1. The normalized spacial score (nSPS) is 26.2. The van der Waals surface area contributed by atoms with Crippen molar-refractivity contribution in [2.45, 2.75) is 57.4 Å². The fraction of sp³-hybridized carbons (Fsp3) is 0.938. The molecule has 2 aliphatic carbocycles. The maximum atomic E-state index is 12.1. The minimum atomic E-state index is -2.86. The minimum absolute atomic E-state index is 0.00869. The highest BCUT2D eigenvalue weighted by molar-refractivity contribution is 7.91. The molecule has 0 radical (unpaired) electrons. The average Bonchev–Trinajstić information content (AvgIpc) is 2.34. The molecule has 0 aromatic carbocycles. The second kappa shape index (κ2) is 6.77. The van der Waals surface area contributed by atoms with Crippen LogP contribution in [0.4, 0.5) is 4.79 Å². The van der Waals surface area contributed by atoms with Crippen molar-refractivity contribution in [3.63, 3.8) is 0 Å². The van der Waals surface area contributed by atoms with E-state index in [4.69, 9.17) is 0 Å². The number of rotatable bonds is 5. The summed E-state index contributed by atoms with van der Waals surface area (Å²) in [5, 5.41) is 6.00. The lowest BCUT2D eigenvalue weighted by Crippen LogP contribution is -2.48. The molecule has 0 bridgehead atoms. The van der Waals surface area contributed by atoms with Gasteiger partial charge in [-0.15, -0.1) is 0 Å². The second-order valence-electron chi connectivity index (χ2n) is 7.33. The Bertz CT molecular complexity index is 470. The molecule has 1 saturated heterocycles. The summed E-state index contributed by atoms with van der Waals surface area (Å²) in [4.78, 5) is 12.1. The lowest BCUT2D eigenvalue weighted by Gasteiger charge is -2.42. The van der Waals surface area contributed by atoms with Gasteiger partial charge in [-0.25, -0.2) is 13.2 Å². The number of sulfone groups is 1. The van der Waals surface area contributed by atoms with Gasteiger partial charge < -0.3 is 10.6 Å². The third kappa shape index (κ3) is 3.94. The van der Waals surface area contributed by atoms with Crippen molar-refractivity contribution in [1.82, 2.24) is 10.6 Å². The summed E-state index contributed by atoms with van der Waals surface area (Å²) in [5.41, 5.74) is 0. The number of carbonyl (C=O) groups is 1. The Morgan fingerprint density at radius 2 is 1.50 bits per heavy atom. The monoisotopic (exact) mass is 328 g/mol. The quantitative estimate of drug-likeness (QED) is 0.811. The first-order valence-electron chi connectivity index (χ1n) is 8.78. The van der Waals surface area contributed by atoms with Crippen LogP contribution in [0.2, 0.25) is 0 Å². The third-order valence-corrected chi connectivity index (χ3v) is 7.61. The maximum Gasteiger partial charge on any atom is 0.315 e. The molecular formula is C16H28N2O3S. The van der Waals surface area contributed by atoms with Crippen molar-refractivity contribution in [2.75, 3.05) is 18.1 Å². The second-order valence-corrected chi connectivity index (χ2v) is 9.63. The SMILES string of the molecule is O=C(NCC(C1CCC1)C1CCC1)NC1CCS(=O)(=O)CC1. The van der Waals surface area contributed by atoms with E-state index >= 15 is 0 Å². The number of carbonyl (C=O) groups excluding carboxylic acids is 1. The van der Waals surface area contributed by atoms with Crippen LogP contribution in [0.5, 0.6) is 0 Å². The van der Waals surface area contributed by atoms with Gasteiger partial charge in [0.05, 0.1) is 11.5 Å². The average molecular weight is 328 g/mol. The van der Waals surface area contributed by atoms with E-state index in [1.54, 1.807) is 0 Å². The molecule has 22 heavy (non-hydrogen) atoms. The topological polar surface area (TPSA) is 75.3 Å². The Kier molecular flexibility index (Phi) is 4.95. The van der Waals surface area contributed by atoms with Crippen molar-refractivity contribution in [2.24, 2.45) is 17.8 Å². The Labute approximate surface area is 133 Å². The summed E-state index contributed by atoms with van der Waals surface area (Å²) in [7, 11) is -2.86. The lowest BCUT2D eigenvalue weighted by atomic mass is 9.64. The molecule has 3 aliphatic rings. The Morgan fingerprint density at radius 1 is 0.955 bits per heavy atom. The number of urea groups is 1. The standard InChI is InChI=1S/C16H28N2O3S/c19-16(18-14-7-9-22(20,21)10-8-14)17-11-15(12-3-1-4-12)13-5-2-6-13/h12-15H,1-11H2,(H2,17,18,19). The molecule has 2 amide bonds. The number of amides is 2. The van der Waals surface area contributed by atoms with Gasteiger partial charge in [0.2, 0.25) is 0 Å². The zero-order valence-corrected chi connectivity index (χ0v) is 14.0. The molecule has 0 aromatic heterocycles. The molecule has 1 heterocycles. The summed E-state index contributed by atoms with van der Waals surface area (Å²) in [5.74, 6) is 2.67. The fourth-order valence-electron chi connectivity index (χ4n) is 3.94. The van der Waals surface area contributed by atoms with Crippen LogP contribution in [0.1, 0.15) is 51.4 Å². The van der Waals surface area contributed by atoms with Crippen LogP contribution in [0, 0.1) is 17.8 Å². The van der Waals surface area contributed by atoms with Gasteiger partial charge >= 0.3 is 6.03 Å². The molecule has 0 atom stereocenters. The van der Waals surface area contributed by atoms with Gasteiger partial charge in [-0.05, 0) is 30.6 Å². The predicted molar refractivity (Wildman–Crippen MR) is 86.4 cm³/mol. The van der Waals surface area contributed by atoms with Crippen molar-refractivity contribution in [3.05, 3.63) is 0 Å². The molecule has 3 rings (SSSR count). The minimum Gasteiger partial charge on any atom is -0.338 e. The smallest absolute Gasteiger partial charge is 0.315 e. The zero-order valence-electron chi connectivity index (χ0n) is 13.2. The molecule has 126 valence electrons. The van der Waals surface area contributed by atoms with E-state index in [0.717, 1.165) is 18.4 Å². The zero-order chi connectivity index (χ0) is 15.6. The Balaban J connectivity index is 1.41. The first-order valence-corrected chi connectivity index (χ1v) is 10.6. The van der Waals surface area contributed by atoms with E-state index in [2.05, 4.69) is 10.6 Å². The highest BCUT2D eigenvalue weighted by Gasteiger charge is 2.36. The first kappa shape index (κ1) is 16.1. The van der Waals surface area contributed by atoms with Crippen molar-refractivity contribution < 1.29 is 13.2 Å². The third-order valence-electron chi connectivity index (χ3n) is 5.90. The van der Waals surface area contributed by atoms with Gasteiger partial charge in [0, 0.05) is 12.6 Å². The van der Waals surface area contributed by atoms with E-state index in [0.29, 0.717) is 18.8 Å². The molecule has 0 spiro atoms. The Hall–Kier alpha value is -0.780. The van der Waals surface area contributed by atoms with Crippen molar-refractivity contribution in [1.29, 1.82) is 0 Å². The molecule has 1 aliphatic heterocycles. The summed E-state index contributed by atoms with van der Waals surface area (Å²) >= 11 is 0. The highest BCUT2D eigenvalue weighted by Crippen LogP contribution is 2.44. The van der Waals surface area contributed by atoms with Gasteiger partial charge in [0.1, 0.15) is 9.84 Å². The molecule has 2 N–H and O–H groups in total. The van der Waals surface area contributed by atoms with Gasteiger partial charge in [-0.2, -0.15) is 0 Å². The molecule has 0 aromatic rings. The molecular weight excluding hydrogens is 300 g/mol. The molecule has 6 heteroatoms. The van der Waals surface area contributed by atoms with Gasteiger partial charge in [0.25, 0.3) is 0 Å². The van der Waals surface area contributed by atoms with Gasteiger partial charge in [-0.3, -0.25) is 0 Å². The van der Waals surface area contributed by atoms with Crippen molar-refractivity contribution >= 4 is 15.9 Å². The van der Waals surface area contributed by atoms with E-state index in [1.165, 1.54) is 38.5 Å². The summed E-state index contributed by atoms with van der Waals surface area (Å²) in [6.07, 6.45) is 9.08. The number of hydrogen-bond donors (Lipinski definition) is 2. The fourth-order valence-corrected chi connectivity index (χ4v) is 5.43. The lowest BCUT2D eigenvalue weighted by molar-refractivity contribution is 0.0933. The van der Waals surface area contributed by atoms with E-state index in [1.807, 2.05) is 0 Å². The van der Waals surface area contributed by atoms with Crippen LogP contribution in [0.25, 0.3) is 0 Å². The van der Waals surface area contributed by atoms with E-state index in [-0.39, 0.29) is 23.6 Å². The van der Waals surface area contributed by atoms with Gasteiger partial charge in [-0.1, -0.05) is 38.5 Å². The largest absolute Gasteiger partial charge is 0.338 e.